The van der Waals surface area contributed by atoms with Gasteiger partial charge in [-0.1, -0.05) is 6.07 Å². The van der Waals surface area contributed by atoms with Crippen LogP contribution in [-0.2, 0) is 10.0 Å². The summed E-state index contributed by atoms with van der Waals surface area (Å²) >= 11 is 1.26. The second kappa shape index (κ2) is 5.41. The molecule has 0 N–H and O–H groups in total. The summed E-state index contributed by atoms with van der Waals surface area (Å²) < 4.78 is 26.0. The van der Waals surface area contributed by atoms with Crippen molar-refractivity contribution in [3.63, 3.8) is 0 Å². The van der Waals surface area contributed by atoms with E-state index in [2.05, 4.69) is 4.98 Å². The molecule has 0 spiro atoms. The number of rotatable bonds is 4. The van der Waals surface area contributed by atoms with Gasteiger partial charge in [0.1, 0.15) is 0 Å². The maximum Gasteiger partial charge on any atom is 0.270 e. The fourth-order valence-electron chi connectivity index (χ4n) is 1.61. The van der Waals surface area contributed by atoms with Gasteiger partial charge in [0, 0.05) is 24.1 Å². The van der Waals surface area contributed by atoms with Crippen LogP contribution in [0.25, 0.3) is 0 Å². The minimum Gasteiger partial charge on any atom is -0.258 e. The summed E-state index contributed by atoms with van der Waals surface area (Å²) in [7, 11) is -2.49. The highest BCUT2D eigenvalue weighted by atomic mass is 32.2. The molecule has 1 aromatic carbocycles. The molecule has 21 heavy (non-hydrogen) atoms. The number of hydrogen-bond acceptors (Lipinski definition) is 6. The van der Waals surface area contributed by atoms with Crippen LogP contribution in [0.3, 0.4) is 0 Å². The van der Waals surface area contributed by atoms with Gasteiger partial charge in [0.25, 0.3) is 15.7 Å². The van der Waals surface area contributed by atoms with Crippen molar-refractivity contribution in [2.24, 2.45) is 0 Å². The summed E-state index contributed by atoms with van der Waals surface area (Å²) in [4.78, 5) is 15.1. The Morgan fingerprint density at radius 2 is 2.00 bits per heavy atom. The third kappa shape index (κ3) is 2.88. The Morgan fingerprint density at radius 1 is 1.33 bits per heavy atom. The van der Waals surface area contributed by atoms with Gasteiger partial charge in [-0.05, 0) is 19.9 Å². The molecule has 9 heteroatoms. The maximum absolute atomic E-state index is 12.5. The molecule has 0 saturated heterocycles. The molecule has 0 aliphatic rings. The van der Waals surface area contributed by atoms with Crippen molar-refractivity contribution in [3.8, 4) is 0 Å². The number of aromatic nitrogens is 1. The summed E-state index contributed by atoms with van der Waals surface area (Å²) in [5.41, 5.74) is 0.493. The zero-order valence-corrected chi connectivity index (χ0v) is 13.2. The van der Waals surface area contributed by atoms with Gasteiger partial charge in [0.2, 0.25) is 0 Å². The normalized spacial score (nSPS) is 11.4. The van der Waals surface area contributed by atoms with Gasteiger partial charge in [0.05, 0.1) is 15.5 Å². The number of non-ortho nitro benzene ring substituents is 1. The zero-order chi connectivity index (χ0) is 15.8. The van der Waals surface area contributed by atoms with Crippen LogP contribution < -0.4 is 4.31 Å². The van der Waals surface area contributed by atoms with E-state index in [9.17, 15) is 18.5 Å². The van der Waals surface area contributed by atoms with E-state index >= 15 is 0 Å². The third-order valence-electron chi connectivity index (χ3n) is 2.97. The zero-order valence-electron chi connectivity index (χ0n) is 11.6. The van der Waals surface area contributed by atoms with Crippen LogP contribution in [0, 0.1) is 24.0 Å². The van der Waals surface area contributed by atoms with Crippen molar-refractivity contribution in [1.29, 1.82) is 0 Å². The average Bonchev–Trinajstić information content (AvgIpc) is 2.77. The second-order valence-corrected chi connectivity index (χ2v) is 7.52. The number of aryl methyl sites for hydroxylation is 2. The first-order valence-corrected chi connectivity index (χ1v) is 8.16. The average molecular weight is 327 g/mol. The molecule has 1 aromatic heterocycles. The van der Waals surface area contributed by atoms with E-state index in [0.29, 0.717) is 5.13 Å². The molecule has 2 aromatic rings. The Bertz CT molecular complexity index is 779. The van der Waals surface area contributed by atoms with Crippen LogP contribution in [0.2, 0.25) is 0 Å². The number of nitrogens with zero attached hydrogens (tertiary/aromatic N) is 3. The Morgan fingerprint density at radius 3 is 2.52 bits per heavy atom. The highest BCUT2D eigenvalue weighted by molar-refractivity contribution is 7.93. The minimum absolute atomic E-state index is 0.135. The fourth-order valence-corrected chi connectivity index (χ4v) is 3.88. The second-order valence-electron chi connectivity index (χ2n) is 4.37. The number of sulfonamides is 1. The van der Waals surface area contributed by atoms with Gasteiger partial charge in [-0.3, -0.25) is 10.1 Å². The smallest absolute Gasteiger partial charge is 0.258 e. The maximum atomic E-state index is 12.5. The summed E-state index contributed by atoms with van der Waals surface area (Å²) in [5.74, 6) is 0. The van der Waals surface area contributed by atoms with E-state index < -0.39 is 14.9 Å². The molecule has 0 aliphatic carbocycles. The van der Waals surface area contributed by atoms with Crippen LogP contribution in [0.15, 0.2) is 29.2 Å². The Labute approximate surface area is 126 Å². The van der Waals surface area contributed by atoms with E-state index in [1.165, 1.54) is 36.6 Å². The Kier molecular flexibility index (Phi) is 3.97. The highest BCUT2D eigenvalue weighted by Crippen LogP contribution is 2.29. The molecule has 0 bridgehead atoms. The quantitative estimate of drug-likeness (QED) is 0.635. The lowest BCUT2D eigenvalue weighted by atomic mass is 10.3. The summed E-state index contributed by atoms with van der Waals surface area (Å²) in [6, 6.07) is 4.96. The van der Waals surface area contributed by atoms with Gasteiger partial charge in [-0.15, -0.1) is 11.3 Å². The predicted molar refractivity (Wildman–Crippen MR) is 80.3 cm³/mol. The number of nitro groups is 1. The summed E-state index contributed by atoms with van der Waals surface area (Å²) in [6.45, 7) is 3.65. The topological polar surface area (TPSA) is 93.4 Å². The summed E-state index contributed by atoms with van der Waals surface area (Å²) in [6.07, 6.45) is 0. The molecular formula is C12H13N3O4S2. The number of nitro benzene ring substituents is 1. The first-order valence-electron chi connectivity index (χ1n) is 5.91. The standard InChI is InChI=1S/C12H13N3O4S2/c1-8-9(2)20-12(13-8)14(3)21(18,19)11-6-4-5-10(7-11)15(16)17/h4-7H,1-3H3. The van der Waals surface area contributed by atoms with Crippen LogP contribution in [0.1, 0.15) is 10.6 Å². The van der Waals surface area contributed by atoms with Gasteiger partial charge >= 0.3 is 0 Å². The molecule has 0 aliphatic heterocycles. The molecule has 0 unspecified atom stereocenters. The molecule has 2 rings (SSSR count). The van der Waals surface area contributed by atoms with E-state index in [4.69, 9.17) is 0 Å². The van der Waals surface area contributed by atoms with Gasteiger partial charge in [0.15, 0.2) is 5.13 Å². The number of benzene rings is 1. The minimum atomic E-state index is -3.87. The van der Waals surface area contributed by atoms with E-state index in [1.54, 1.807) is 6.92 Å². The van der Waals surface area contributed by atoms with Crippen LogP contribution >= 0.6 is 11.3 Å². The molecule has 0 amide bonds. The molecule has 112 valence electrons. The molecule has 1 heterocycles. The predicted octanol–water partition coefficient (Wildman–Crippen LogP) is 2.49. The van der Waals surface area contributed by atoms with Gasteiger partial charge in [-0.2, -0.15) is 0 Å². The lowest BCUT2D eigenvalue weighted by Gasteiger charge is -2.16. The van der Waals surface area contributed by atoms with Crippen LogP contribution in [-0.4, -0.2) is 25.4 Å². The lowest BCUT2D eigenvalue weighted by Crippen LogP contribution is -2.26. The van der Waals surface area contributed by atoms with E-state index in [0.717, 1.165) is 20.9 Å². The van der Waals surface area contributed by atoms with Crippen LogP contribution in [0.5, 0.6) is 0 Å². The van der Waals surface area contributed by atoms with E-state index in [1.807, 2.05) is 6.92 Å². The first-order chi connectivity index (χ1) is 9.73. The fraction of sp³-hybridized carbons (Fsp3) is 0.250. The summed E-state index contributed by atoms with van der Waals surface area (Å²) in [5, 5.41) is 11.1. The molecule has 7 nitrogen and oxygen atoms in total. The third-order valence-corrected chi connectivity index (χ3v) is 5.98. The molecule has 0 atom stereocenters. The van der Waals surface area contributed by atoms with Crippen molar-refractivity contribution >= 4 is 32.2 Å². The largest absolute Gasteiger partial charge is 0.270 e. The van der Waals surface area contributed by atoms with Crippen molar-refractivity contribution in [2.75, 3.05) is 11.4 Å². The number of anilines is 1. The van der Waals surface area contributed by atoms with Crippen molar-refractivity contribution in [2.45, 2.75) is 18.7 Å². The van der Waals surface area contributed by atoms with E-state index in [-0.39, 0.29) is 10.6 Å². The lowest BCUT2D eigenvalue weighted by molar-refractivity contribution is -0.385. The van der Waals surface area contributed by atoms with Crippen molar-refractivity contribution in [3.05, 3.63) is 45.0 Å². The van der Waals surface area contributed by atoms with Crippen LogP contribution in [0.4, 0.5) is 10.8 Å². The SMILES string of the molecule is Cc1nc(N(C)S(=O)(=O)c2cccc([N+](=O)[O-])c2)sc1C. The van der Waals surface area contributed by atoms with Crippen molar-refractivity contribution < 1.29 is 13.3 Å². The number of thiazole rings is 1. The molecule has 0 radical (unpaired) electrons. The highest BCUT2D eigenvalue weighted by Gasteiger charge is 2.25. The monoisotopic (exact) mass is 327 g/mol. The molecular weight excluding hydrogens is 314 g/mol. The van der Waals surface area contributed by atoms with Gasteiger partial charge in [-0.25, -0.2) is 17.7 Å². The van der Waals surface area contributed by atoms with Crippen molar-refractivity contribution in [1.82, 2.24) is 4.98 Å². The first kappa shape index (κ1) is 15.4. The Hall–Kier alpha value is -2.00. The molecule has 0 saturated carbocycles. The van der Waals surface area contributed by atoms with Gasteiger partial charge < -0.3 is 0 Å². The molecule has 0 fully saturated rings. The Balaban J connectivity index is 2.46. The number of hydrogen-bond donors (Lipinski definition) is 0.